The Morgan fingerprint density at radius 3 is 1.10 bits per heavy atom. The number of allylic oxidation sites excluding steroid dienone is 16. The summed E-state index contributed by atoms with van der Waals surface area (Å²) >= 11 is 0. The van der Waals surface area contributed by atoms with E-state index in [0.717, 1.165) is 96.3 Å². The predicted molar refractivity (Wildman–Crippen MR) is 265 cm³/mol. The second kappa shape index (κ2) is 50.0. The van der Waals surface area contributed by atoms with E-state index >= 15 is 0 Å². The third-order valence-corrected chi connectivity index (χ3v) is 10.4. The minimum atomic E-state index is -0.801. The number of hydrogen-bond acceptors (Lipinski definition) is 6. The molecule has 0 N–H and O–H groups in total. The van der Waals surface area contributed by atoms with Gasteiger partial charge in [0.05, 0.1) is 0 Å². The zero-order valence-electron chi connectivity index (χ0n) is 40.1. The molecule has 62 heavy (non-hydrogen) atoms. The van der Waals surface area contributed by atoms with E-state index in [2.05, 4.69) is 93.7 Å². The van der Waals surface area contributed by atoms with Crippen molar-refractivity contribution < 1.29 is 28.6 Å². The minimum Gasteiger partial charge on any atom is -0.462 e. The van der Waals surface area contributed by atoms with Crippen LogP contribution in [-0.4, -0.2) is 37.2 Å². The Hall–Kier alpha value is -3.67. The van der Waals surface area contributed by atoms with Crippen molar-refractivity contribution in [1.29, 1.82) is 0 Å². The number of hydrogen-bond donors (Lipinski definition) is 0. The van der Waals surface area contributed by atoms with E-state index in [1.165, 1.54) is 83.5 Å². The van der Waals surface area contributed by atoms with E-state index in [-0.39, 0.29) is 31.1 Å². The van der Waals surface area contributed by atoms with Gasteiger partial charge in [-0.15, -0.1) is 0 Å². The van der Waals surface area contributed by atoms with Gasteiger partial charge in [-0.25, -0.2) is 0 Å². The highest BCUT2D eigenvalue weighted by atomic mass is 16.6. The molecule has 0 aliphatic rings. The molecular weight excluding hydrogens is 769 g/mol. The molecule has 0 aromatic rings. The van der Waals surface area contributed by atoms with Crippen LogP contribution < -0.4 is 0 Å². The topological polar surface area (TPSA) is 78.9 Å². The molecule has 0 aromatic heterocycles. The SMILES string of the molecule is CCC\C=C/C=C\C=C/C=C\C=C/CCCCCCCC(=O)OCC(COC(=O)CCCCC/C=C\C=C/CCCC)OC(=O)CCCCCCCCC/C=C\CCCCCC. The molecule has 0 rings (SSSR count). The minimum absolute atomic E-state index is 0.102. The van der Waals surface area contributed by atoms with Crippen LogP contribution in [0, 0.1) is 0 Å². The van der Waals surface area contributed by atoms with Gasteiger partial charge in [0.15, 0.2) is 6.10 Å². The molecule has 0 saturated heterocycles. The van der Waals surface area contributed by atoms with Crippen molar-refractivity contribution in [1.82, 2.24) is 0 Å². The maximum Gasteiger partial charge on any atom is 0.306 e. The number of rotatable bonds is 44. The summed E-state index contributed by atoms with van der Waals surface area (Å²) < 4.78 is 16.7. The molecule has 6 heteroatoms. The van der Waals surface area contributed by atoms with E-state index in [0.29, 0.717) is 19.3 Å². The zero-order chi connectivity index (χ0) is 45.1. The second-order valence-corrected chi connectivity index (χ2v) is 16.5. The van der Waals surface area contributed by atoms with Crippen molar-refractivity contribution >= 4 is 17.9 Å². The lowest BCUT2D eigenvalue weighted by atomic mass is 10.1. The smallest absolute Gasteiger partial charge is 0.306 e. The molecule has 0 amide bonds. The highest BCUT2D eigenvalue weighted by Gasteiger charge is 2.19. The van der Waals surface area contributed by atoms with Crippen LogP contribution in [-0.2, 0) is 28.6 Å². The molecule has 1 atom stereocenters. The van der Waals surface area contributed by atoms with Crippen LogP contribution in [0.3, 0.4) is 0 Å². The molecule has 0 spiro atoms. The van der Waals surface area contributed by atoms with Crippen molar-refractivity contribution in [3.63, 3.8) is 0 Å². The van der Waals surface area contributed by atoms with Gasteiger partial charge in [-0.3, -0.25) is 14.4 Å². The maximum atomic E-state index is 12.8. The maximum absolute atomic E-state index is 12.8. The van der Waals surface area contributed by atoms with Gasteiger partial charge in [-0.2, -0.15) is 0 Å². The summed E-state index contributed by atoms with van der Waals surface area (Å²) in [7, 11) is 0. The molecule has 0 aromatic carbocycles. The number of esters is 3. The van der Waals surface area contributed by atoms with Gasteiger partial charge in [0.2, 0.25) is 0 Å². The third kappa shape index (κ3) is 47.4. The molecular formula is C56H92O6. The summed E-state index contributed by atoms with van der Waals surface area (Å²) in [5.41, 5.74) is 0. The highest BCUT2D eigenvalue weighted by Crippen LogP contribution is 2.13. The lowest BCUT2D eigenvalue weighted by Crippen LogP contribution is -2.30. The number of carbonyl (C=O) groups is 3. The first-order valence-corrected chi connectivity index (χ1v) is 25.3. The van der Waals surface area contributed by atoms with Crippen molar-refractivity contribution in [2.75, 3.05) is 13.2 Å². The molecule has 0 saturated carbocycles. The average Bonchev–Trinajstić information content (AvgIpc) is 3.27. The van der Waals surface area contributed by atoms with Gasteiger partial charge in [0, 0.05) is 19.3 Å². The number of unbranched alkanes of at least 4 members (excludes halogenated alkanes) is 22. The van der Waals surface area contributed by atoms with Gasteiger partial charge < -0.3 is 14.2 Å². The second-order valence-electron chi connectivity index (χ2n) is 16.5. The quantitative estimate of drug-likeness (QED) is 0.0200. The van der Waals surface area contributed by atoms with Crippen molar-refractivity contribution in [2.24, 2.45) is 0 Å². The van der Waals surface area contributed by atoms with Gasteiger partial charge >= 0.3 is 17.9 Å². The van der Waals surface area contributed by atoms with Gasteiger partial charge in [0.25, 0.3) is 0 Å². The highest BCUT2D eigenvalue weighted by molar-refractivity contribution is 5.71. The molecule has 0 aliphatic carbocycles. The zero-order valence-corrected chi connectivity index (χ0v) is 40.1. The summed E-state index contributed by atoms with van der Waals surface area (Å²) in [6.07, 6.45) is 65.2. The van der Waals surface area contributed by atoms with Crippen LogP contribution in [0.1, 0.15) is 220 Å². The largest absolute Gasteiger partial charge is 0.462 e. The fraction of sp³-hybridized carbons (Fsp3) is 0.661. The third-order valence-electron chi connectivity index (χ3n) is 10.4. The Bertz CT molecular complexity index is 1260. The van der Waals surface area contributed by atoms with Crippen molar-refractivity contribution in [3.8, 4) is 0 Å². The molecule has 1 unspecified atom stereocenters. The standard InChI is InChI=1S/C56H92O6/c1-4-7-10-13-16-19-22-24-26-27-28-30-31-34-37-40-43-46-49-55(58)61-52-53(51-60-54(57)48-45-42-39-36-33-21-18-15-12-9-6-3)62-56(59)50-47-44-41-38-35-32-29-25-23-20-17-14-11-8-5-2/h10,13,15-16,18-24,26-28,30,33,53H,4-9,11-12,14,17,25,29,31-32,34-52H2,1-3H3/b13-10-,18-15-,19-16-,23-20-,24-22-,27-26-,30-28-,33-21-. The van der Waals surface area contributed by atoms with Crippen LogP contribution >= 0.6 is 0 Å². The van der Waals surface area contributed by atoms with Crippen LogP contribution in [0.25, 0.3) is 0 Å². The molecule has 0 aliphatic heterocycles. The Balaban J connectivity index is 4.47. The normalized spacial score (nSPS) is 12.9. The lowest BCUT2D eigenvalue weighted by Gasteiger charge is -2.18. The molecule has 0 fully saturated rings. The summed E-state index contributed by atoms with van der Waals surface area (Å²) in [5.74, 6) is -0.962. The van der Waals surface area contributed by atoms with Crippen LogP contribution in [0.15, 0.2) is 97.2 Å². The van der Waals surface area contributed by atoms with Crippen LogP contribution in [0.2, 0.25) is 0 Å². The van der Waals surface area contributed by atoms with E-state index in [1.807, 2.05) is 24.3 Å². The fourth-order valence-corrected chi connectivity index (χ4v) is 6.56. The first-order chi connectivity index (χ1) is 30.5. The van der Waals surface area contributed by atoms with E-state index < -0.39 is 6.10 Å². The summed E-state index contributed by atoms with van der Waals surface area (Å²) in [4.78, 5) is 37.9. The van der Waals surface area contributed by atoms with Crippen LogP contribution in [0.4, 0.5) is 0 Å². The Morgan fingerprint density at radius 1 is 0.323 bits per heavy atom. The Labute approximate surface area is 381 Å². The predicted octanol–water partition coefficient (Wildman–Crippen LogP) is 16.6. The molecule has 0 radical (unpaired) electrons. The fourth-order valence-electron chi connectivity index (χ4n) is 6.56. The van der Waals surface area contributed by atoms with E-state index in [9.17, 15) is 14.4 Å². The Morgan fingerprint density at radius 2 is 0.645 bits per heavy atom. The molecule has 6 nitrogen and oxygen atoms in total. The van der Waals surface area contributed by atoms with Gasteiger partial charge in [0.1, 0.15) is 13.2 Å². The average molecular weight is 861 g/mol. The van der Waals surface area contributed by atoms with E-state index in [1.54, 1.807) is 0 Å². The first kappa shape index (κ1) is 58.3. The summed E-state index contributed by atoms with van der Waals surface area (Å²) in [5, 5.41) is 0. The van der Waals surface area contributed by atoms with Gasteiger partial charge in [-0.05, 0) is 83.5 Å². The van der Waals surface area contributed by atoms with Gasteiger partial charge in [-0.1, -0.05) is 214 Å². The Kier molecular flexibility index (Phi) is 47.0. The molecule has 0 bridgehead atoms. The molecule has 352 valence electrons. The lowest BCUT2D eigenvalue weighted by molar-refractivity contribution is -0.167. The van der Waals surface area contributed by atoms with Crippen molar-refractivity contribution in [2.45, 2.75) is 226 Å². The van der Waals surface area contributed by atoms with Crippen molar-refractivity contribution in [3.05, 3.63) is 97.2 Å². The van der Waals surface area contributed by atoms with Crippen LogP contribution in [0.5, 0.6) is 0 Å². The first-order valence-electron chi connectivity index (χ1n) is 25.3. The number of ether oxygens (including phenoxy) is 3. The summed E-state index contributed by atoms with van der Waals surface area (Å²) in [6, 6.07) is 0. The number of carbonyl (C=O) groups excluding carboxylic acids is 3. The molecule has 0 heterocycles. The van der Waals surface area contributed by atoms with E-state index in [4.69, 9.17) is 14.2 Å². The summed E-state index contributed by atoms with van der Waals surface area (Å²) in [6.45, 7) is 6.42. The monoisotopic (exact) mass is 861 g/mol.